The van der Waals surface area contributed by atoms with Gasteiger partial charge in [0.05, 0.1) is 27.7 Å². The van der Waals surface area contributed by atoms with Gasteiger partial charge in [0.15, 0.2) is 6.10 Å². The van der Waals surface area contributed by atoms with E-state index in [0.29, 0.717) is 23.9 Å². The minimum atomic E-state index is -4.58. The summed E-state index contributed by atoms with van der Waals surface area (Å²) in [4.78, 5) is 36.0. The van der Waals surface area contributed by atoms with Crippen LogP contribution in [0.2, 0.25) is 0 Å². The molecule has 0 aromatic rings. The number of carbonyl (C=O) groups is 2. The van der Waals surface area contributed by atoms with Crippen LogP contribution in [0.5, 0.6) is 0 Å². The minimum Gasteiger partial charge on any atom is -0.756 e. The fourth-order valence-electron chi connectivity index (χ4n) is 2.93. The van der Waals surface area contributed by atoms with Crippen LogP contribution in [-0.2, 0) is 32.7 Å². The third-order valence-electron chi connectivity index (χ3n) is 4.99. The van der Waals surface area contributed by atoms with Crippen molar-refractivity contribution in [2.45, 2.75) is 90.6 Å². The molecule has 0 aliphatic carbocycles. The fraction of sp³-hybridized carbons (Fsp3) is 0.840. The molecule has 0 rings (SSSR count). The normalized spacial score (nSPS) is 14.6. The van der Waals surface area contributed by atoms with Gasteiger partial charge in [-0.3, -0.25) is 14.2 Å². The second-order valence-corrected chi connectivity index (χ2v) is 11.1. The summed E-state index contributed by atoms with van der Waals surface area (Å²) >= 11 is 0. The predicted molar refractivity (Wildman–Crippen MR) is 135 cm³/mol. The molecule has 0 N–H and O–H groups in total. The SMILES string of the molecule is CCC/C=C\CCCCCCCC(=O)OC(COC(=O)CCC)COP(=O)([O-])OCC[N+](C)(C)C. The first-order valence-corrected chi connectivity index (χ1v) is 14.4. The van der Waals surface area contributed by atoms with E-state index >= 15 is 0 Å². The number of esters is 2. The lowest BCUT2D eigenvalue weighted by Crippen LogP contribution is -2.37. The standard InChI is InChI=1S/C25H48NO8P/c1-6-8-9-10-11-12-13-14-15-16-18-25(28)34-23(21-31-24(27)17-7-2)22-33-35(29,30)32-20-19-26(3,4)5/h9-10,23H,6-8,11-22H2,1-5H3/b10-9-. The monoisotopic (exact) mass is 521 g/mol. The van der Waals surface area contributed by atoms with Crippen molar-refractivity contribution in [3.63, 3.8) is 0 Å². The van der Waals surface area contributed by atoms with Gasteiger partial charge >= 0.3 is 11.9 Å². The van der Waals surface area contributed by atoms with Crippen LogP contribution in [0.4, 0.5) is 0 Å². The van der Waals surface area contributed by atoms with Crippen LogP contribution in [0.3, 0.4) is 0 Å². The molecule has 2 unspecified atom stereocenters. The Kier molecular flexibility index (Phi) is 19.2. The summed E-state index contributed by atoms with van der Waals surface area (Å²) < 4.78 is 32.8. The summed E-state index contributed by atoms with van der Waals surface area (Å²) in [5.41, 5.74) is 0. The molecule has 0 aliphatic heterocycles. The first-order valence-electron chi connectivity index (χ1n) is 12.9. The molecule has 0 aromatic heterocycles. The molecule has 0 radical (unpaired) electrons. The Morgan fingerprint density at radius 3 is 2.17 bits per heavy atom. The van der Waals surface area contributed by atoms with Crippen molar-refractivity contribution in [3.05, 3.63) is 12.2 Å². The van der Waals surface area contributed by atoms with Crippen LogP contribution >= 0.6 is 7.82 Å². The molecular formula is C25H48NO8P. The van der Waals surface area contributed by atoms with E-state index in [4.69, 9.17) is 18.5 Å². The maximum Gasteiger partial charge on any atom is 0.306 e. The van der Waals surface area contributed by atoms with Gasteiger partial charge < -0.3 is 27.9 Å². The van der Waals surface area contributed by atoms with E-state index in [-0.39, 0.29) is 26.1 Å². The van der Waals surface area contributed by atoms with Crippen molar-refractivity contribution in [1.29, 1.82) is 0 Å². The summed E-state index contributed by atoms with van der Waals surface area (Å²) in [6.07, 6.45) is 12.7. The minimum absolute atomic E-state index is 0.0325. The van der Waals surface area contributed by atoms with Gasteiger partial charge in [0.25, 0.3) is 7.82 Å². The second-order valence-electron chi connectivity index (χ2n) is 9.70. The Morgan fingerprint density at radius 1 is 0.857 bits per heavy atom. The van der Waals surface area contributed by atoms with E-state index in [1.165, 1.54) is 6.42 Å². The molecule has 206 valence electrons. The molecule has 0 saturated heterocycles. The molecule has 35 heavy (non-hydrogen) atoms. The average molecular weight is 522 g/mol. The zero-order chi connectivity index (χ0) is 26.6. The van der Waals surface area contributed by atoms with Crippen LogP contribution in [0.1, 0.15) is 84.5 Å². The van der Waals surface area contributed by atoms with Crippen molar-refractivity contribution in [1.82, 2.24) is 0 Å². The number of nitrogens with zero attached hydrogens (tertiary/aromatic N) is 1. The van der Waals surface area contributed by atoms with Gasteiger partial charge in [-0.05, 0) is 32.1 Å². The Bertz CT molecular complexity index is 648. The number of unbranched alkanes of at least 4 members (excludes halogenated alkanes) is 6. The summed E-state index contributed by atoms with van der Waals surface area (Å²) in [7, 11) is 1.15. The van der Waals surface area contributed by atoms with E-state index < -0.39 is 32.5 Å². The number of quaternary nitrogens is 1. The summed E-state index contributed by atoms with van der Waals surface area (Å²) in [5, 5.41) is 0. The summed E-state index contributed by atoms with van der Waals surface area (Å²) in [6, 6.07) is 0. The van der Waals surface area contributed by atoms with E-state index in [2.05, 4.69) is 19.1 Å². The Balaban J connectivity index is 4.43. The molecule has 10 heteroatoms. The number of allylic oxidation sites excluding steroid dienone is 2. The molecular weight excluding hydrogens is 473 g/mol. The Morgan fingerprint density at radius 2 is 1.51 bits per heavy atom. The van der Waals surface area contributed by atoms with Gasteiger partial charge in [-0.1, -0.05) is 51.7 Å². The highest BCUT2D eigenvalue weighted by Gasteiger charge is 2.21. The highest BCUT2D eigenvalue weighted by atomic mass is 31.2. The van der Waals surface area contributed by atoms with E-state index in [1.54, 1.807) is 0 Å². The second kappa shape index (κ2) is 19.9. The van der Waals surface area contributed by atoms with E-state index in [1.807, 2.05) is 28.1 Å². The van der Waals surface area contributed by atoms with Crippen molar-refractivity contribution in [3.8, 4) is 0 Å². The first kappa shape index (κ1) is 33.8. The zero-order valence-corrected chi connectivity index (χ0v) is 23.4. The lowest BCUT2D eigenvalue weighted by molar-refractivity contribution is -0.870. The van der Waals surface area contributed by atoms with E-state index in [9.17, 15) is 19.0 Å². The number of hydrogen-bond acceptors (Lipinski definition) is 8. The summed E-state index contributed by atoms with van der Waals surface area (Å²) in [5.74, 6) is -0.915. The topological polar surface area (TPSA) is 111 Å². The predicted octanol–water partition coefficient (Wildman–Crippen LogP) is 4.54. The van der Waals surface area contributed by atoms with Crippen molar-refractivity contribution >= 4 is 19.8 Å². The molecule has 0 saturated carbocycles. The highest BCUT2D eigenvalue weighted by molar-refractivity contribution is 7.45. The third kappa shape index (κ3) is 22.9. The maximum atomic E-state index is 12.3. The molecule has 0 bridgehead atoms. The fourth-order valence-corrected chi connectivity index (χ4v) is 3.65. The molecule has 0 heterocycles. The molecule has 2 atom stereocenters. The number of phosphoric ester groups is 1. The highest BCUT2D eigenvalue weighted by Crippen LogP contribution is 2.38. The quantitative estimate of drug-likeness (QED) is 0.0671. The molecule has 0 aliphatic rings. The molecule has 0 amide bonds. The molecule has 0 spiro atoms. The van der Waals surface area contributed by atoms with Gasteiger partial charge in [0.1, 0.15) is 19.8 Å². The summed E-state index contributed by atoms with van der Waals surface area (Å²) in [6.45, 7) is 3.70. The van der Waals surface area contributed by atoms with Gasteiger partial charge in [-0.2, -0.15) is 0 Å². The van der Waals surface area contributed by atoms with Gasteiger partial charge in [-0.25, -0.2) is 0 Å². The van der Waals surface area contributed by atoms with Gasteiger partial charge in [-0.15, -0.1) is 0 Å². The number of ether oxygens (including phenoxy) is 2. The largest absolute Gasteiger partial charge is 0.756 e. The first-order chi connectivity index (χ1) is 16.5. The molecule has 9 nitrogen and oxygen atoms in total. The Labute approximate surface area is 212 Å². The number of hydrogen-bond donors (Lipinski definition) is 0. The lowest BCUT2D eigenvalue weighted by atomic mass is 10.1. The van der Waals surface area contributed by atoms with Crippen LogP contribution < -0.4 is 4.89 Å². The third-order valence-corrected chi connectivity index (χ3v) is 5.95. The van der Waals surface area contributed by atoms with Crippen molar-refractivity contribution in [2.24, 2.45) is 0 Å². The van der Waals surface area contributed by atoms with Gasteiger partial charge in [0.2, 0.25) is 0 Å². The van der Waals surface area contributed by atoms with Crippen LogP contribution in [0, 0.1) is 0 Å². The van der Waals surface area contributed by atoms with E-state index in [0.717, 1.165) is 38.5 Å². The van der Waals surface area contributed by atoms with Crippen molar-refractivity contribution in [2.75, 3.05) is 47.5 Å². The van der Waals surface area contributed by atoms with Crippen LogP contribution in [0.25, 0.3) is 0 Å². The number of carbonyl (C=O) groups excluding carboxylic acids is 2. The lowest BCUT2D eigenvalue weighted by Gasteiger charge is -2.28. The number of phosphoric acid groups is 1. The smallest absolute Gasteiger partial charge is 0.306 e. The average Bonchev–Trinajstić information content (AvgIpc) is 2.76. The van der Waals surface area contributed by atoms with Crippen LogP contribution in [0.15, 0.2) is 12.2 Å². The maximum absolute atomic E-state index is 12.3. The van der Waals surface area contributed by atoms with Crippen molar-refractivity contribution < 1.29 is 42.1 Å². The molecule has 0 fully saturated rings. The number of rotatable bonds is 22. The molecule has 0 aromatic carbocycles. The zero-order valence-electron chi connectivity index (χ0n) is 22.5. The van der Waals surface area contributed by atoms with Gasteiger partial charge in [0, 0.05) is 12.8 Å². The number of likely N-dealkylation sites (N-methyl/N-ethyl adjacent to an activating group) is 1. The van der Waals surface area contributed by atoms with Crippen LogP contribution in [-0.4, -0.2) is 70.0 Å². The Hall–Kier alpha value is -1.25.